The molecule has 8 heteroatoms. The Balaban J connectivity index is 1.98. The van der Waals surface area contributed by atoms with E-state index in [9.17, 15) is 13.2 Å². The highest BCUT2D eigenvalue weighted by molar-refractivity contribution is 7.89. The lowest BCUT2D eigenvalue weighted by atomic mass is 10.2. The molecule has 0 aromatic heterocycles. The summed E-state index contributed by atoms with van der Waals surface area (Å²) in [7, 11) is -0.699. The van der Waals surface area contributed by atoms with E-state index in [2.05, 4.69) is 10.0 Å². The van der Waals surface area contributed by atoms with E-state index >= 15 is 0 Å². The quantitative estimate of drug-likeness (QED) is 0.717. The first kappa shape index (κ1) is 20.7. The molecule has 1 amide bonds. The van der Waals surface area contributed by atoms with Crippen molar-refractivity contribution in [1.82, 2.24) is 10.0 Å². The zero-order valence-corrected chi connectivity index (χ0v) is 16.6. The van der Waals surface area contributed by atoms with E-state index in [0.29, 0.717) is 11.5 Å². The Bertz CT molecular complexity index is 895. The van der Waals surface area contributed by atoms with Gasteiger partial charge >= 0.3 is 0 Å². The average Bonchev–Trinajstić information content (AvgIpc) is 2.65. The van der Waals surface area contributed by atoms with Gasteiger partial charge in [0.2, 0.25) is 15.9 Å². The normalized spacial score (nSPS) is 12.3. The third-order valence-corrected chi connectivity index (χ3v) is 5.53. The lowest BCUT2D eigenvalue weighted by Crippen LogP contribution is -2.44. The molecule has 0 aliphatic carbocycles. The molecule has 0 aliphatic heterocycles. The third-order valence-electron chi connectivity index (χ3n) is 3.97. The fourth-order valence-electron chi connectivity index (χ4n) is 2.40. The number of benzene rings is 2. The molecule has 0 saturated heterocycles. The zero-order chi connectivity index (χ0) is 20.0. The van der Waals surface area contributed by atoms with Crippen molar-refractivity contribution in [2.24, 2.45) is 0 Å². The molecule has 0 saturated carbocycles. The molecule has 2 rings (SSSR count). The van der Waals surface area contributed by atoms with E-state index in [4.69, 9.17) is 9.47 Å². The van der Waals surface area contributed by atoms with E-state index in [-0.39, 0.29) is 11.4 Å². The number of sulfonamides is 1. The van der Waals surface area contributed by atoms with Crippen LogP contribution in [0.25, 0.3) is 0 Å². The van der Waals surface area contributed by atoms with E-state index in [0.717, 1.165) is 11.1 Å². The third kappa shape index (κ3) is 5.45. The average molecular weight is 392 g/mol. The first-order valence-corrected chi connectivity index (χ1v) is 9.82. The maximum atomic E-state index is 12.4. The van der Waals surface area contributed by atoms with Crippen molar-refractivity contribution < 1.29 is 22.7 Å². The van der Waals surface area contributed by atoms with Crippen LogP contribution < -0.4 is 19.5 Å². The Morgan fingerprint density at radius 3 is 2.26 bits per heavy atom. The second-order valence-corrected chi connectivity index (χ2v) is 7.78. The number of carbonyl (C=O) groups is 1. The minimum absolute atomic E-state index is 0.118. The predicted molar refractivity (Wildman–Crippen MR) is 102 cm³/mol. The molecule has 0 aliphatic rings. The van der Waals surface area contributed by atoms with Crippen LogP contribution in [0.5, 0.6) is 11.5 Å². The molecule has 1 atom stereocenters. The Hall–Kier alpha value is -2.58. The van der Waals surface area contributed by atoms with Gasteiger partial charge in [-0.25, -0.2) is 8.42 Å². The van der Waals surface area contributed by atoms with Gasteiger partial charge in [0.1, 0.15) is 0 Å². The summed E-state index contributed by atoms with van der Waals surface area (Å²) < 4.78 is 37.5. The molecule has 2 aromatic carbocycles. The number of ether oxygens (including phenoxy) is 2. The van der Waals surface area contributed by atoms with Gasteiger partial charge in [0.05, 0.1) is 25.2 Å². The van der Waals surface area contributed by atoms with Crippen molar-refractivity contribution in [2.75, 3.05) is 14.2 Å². The van der Waals surface area contributed by atoms with Crippen LogP contribution in [-0.4, -0.2) is 34.6 Å². The highest BCUT2D eigenvalue weighted by Gasteiger charge is 2.21. The van der Waals surface area contributed by atoms with Gasteiger partial charge in [-0.05, 0) is 43.7 Å². The molecule has 1 unspecified atom stereocenters. The van der Waals surface area contributed by atoms with Gasteiger partial charge in [0.15, 0.2) is 11.5 Å². The Morgan fingerprint density at radius 1 is 1.04 bits per heavy atom. The highest BCUT2D eigenvalue weighted by atomic mass is 32.2. The van der Waals surface area contributed by atoms with Crippen molar-refractivity contribution >= 4 is 15.9 Å². The van der Waals surface area contributed by atoms with Crippen LogP contribution in [0.3, 0.4) is 0 Å². The number of aryl methyl sites for hydroxylation is 1. The lowest BCUT2D eigenvalue weighted by Gasteiger charge is -2.15. The molecule has 27 heavy (non-hydrogen) atoms. The van der Waals surface area contributed by atoms with Crippen molar-refractivity contribution in [1.29, 1.82) is 0 Å². The molecular weight excluding hydrogens is 368 g/mol. The summed E-state index contributed by atoms with van der Waals surface area (Å²) in [5, 5.41) is 2.71. The Morgan fingerprint density at radius 2 is 1.67 bits per heavy atom. The van der Waals surface area contributed by atoms with Crippen LogP contribution in [0.4, 0.5) is 0 Å². The number of nitrogens with one attached hydrogen (secondary N) is 2. The maximum Gasteiger partial charge on any atom is 0.241 e. The topological polar surface area (TPSA) is 93.7 Å². The van der Waals surface area contributed by atoms with Gasteiger partial charge in [-0.2, -0.15) is 4.72 Å². The number of carbonyl (C=O) groups excluding carboxylic acids is 1. The fraction of sp³-hybridized carbons (Fsp3) is 0.316. The number of methoxy groups -OCH3 is 2. The summed E-state index contributed by atoms with van der Waals surface area (Å²) in [6.45, 7) is 3.60. The Kier molecular flexibility index (Phi) is 6.81. The molecule has 146 valence electrons. The van der Waals surface area contributed by atoms with Crippen LogP contribution in [0.2, 0.25) is 0 Å². The molecule has 7 nitrogen and oxygen atoms in total. The number of hydrogen-bond acceptors (Lipinski definition) is 5. The van der Waals surface area contributed by atoms with Crippen molar-refractivity contribution in [2.45, 2.75) is 31.3 Å². The molecule has 0 bridgehead atoms. The zero-order valence-electron chi connectivity index (χ0n) is 15.8. The van der Waals surface area contributed by atoms with E-state index in [1.54, 1.807) is 37.4 Å². The molecule has 2 aromatic rings. The van der Waals surface area contributed by atoms with Crippen LogP contribution in [0, 0.1) is 6.92 Å². The van der Waals surface area contributed by atoms with Crippen molar-refractivity contribution in [3.8, 4) is 11.5 Å². The molecule has 0 fully saturated rings. The minimum atomic E-state index is -3.77. The standard InChI is InChI=1S/C19H24N2O5S/c1-13-5-8-16(9-6-13)27(23,24)21-14(2)19(22)20-12-15-7-10-17(25-3)18(11-15)26-4/h5-11,14,21H,12H2,1-4H3,(H,20,22). The van der Waals surface area contributed by atoms with Crippen LogP contribution in [0.1, 0.15) is 18.1 Å². The number of amides is 1. The highest BCUT2D eigenvalue weighted by Crippen LogP contribution is 2.27. The van der Waals surface area contributed by atoms with Crippen molar-refractivity contribution in [3.05, 3.63) is 53.6 Å². The van der Waals surface area contributed by atoms with Crippen molar-refractivity contribution in [3.63, 3.8) is 0 Å². The van der Waals surface area contributed by atoms with E-state index in [1.807, 2.05) is 6.92 Å². The minimum Gasteiger partial charge on any atom is -0.493 e. The molecule has 0 heterocycles. The fourth-order valence-corrected chi connectivity index (χ4v) is 3.61. The number of hydrogen-bond donors (Lipinski definition) is 2. The van der Waals surface area contributed by atoms with Gasteiger partial charge in [-0.1, -0.05) is 23.8 Å². The molecule has 0 radical (unpaired) electrons. The summed E-state index contributed by atoms with van der Waals surface area (Å²) in [6.07, 6.45) is 0. The Labute approximate surface area is 159 Å². The SMILES string of the molecule is COc1ccc(CNC(=O)C(C)NS(=O)(=O)c2ccc(C)cc2)cc1OC. The van der Waals surface area contributed by atoms with Gasteiger partial charge < -0.3 is 14.8 Å². The van der Waals surface area contributed by atoms with Gasteiger partial charge in [0.25, 0.3) is 0 Å². The summed E-state index contributed by atoms with van der Waals surface area (Å²) in [4.78, 5) is 12.4. The van der Waals surface area contributed by atoms with E-state index in [1.165, 1.54) is 26.2 Å². The summed E-state index contributed by atoms with van der Waals surface area (Å²) in [5.74, 6) is 0.713. The largest absolute Gasteiger partial charge is 0.493 e. The second kappa shape index (κ2) is 8.88. The molecular formula is C19H24N2O5S. The first-order chi connectivity index (χ1) is 12.8. The van der Waals surface area contributed by atoms with Crippen LogP contribution >= 0.6 is 0 Å². The number of rotatable bonds is 8. The van der Waals surface area contributed by atoms with Gasteiger partial charge in [0, 0.05) is 6.54 Å². The lowest BCUT2D eigenvalue weighted by molar-refractivity contribution is -0.122. The van der Waals surface area contributed by atoms with Crippen LogP contribution in [-0.2, 0) is 21.4 Å². The van der Waals surface area contributed by atoms with Gasteiger partial charge in [-0.3, -0.25) is 4.79 Å². The second-order valence-electron chi connectivity index (χ2n) is 6.06. The van der Waals surface area contributed by atoms with Gasteiger partial charge in [-0.15, -0.1) is 0 Å². The summed E-state index contributed by atoms with van der Waals surface area (Å²) in [5.41, 5.74) is 1.75. The monoisotopic (exact) mass is 392 g/mol. The smallest absolute Gasteiger partial charge is 0.241 e. The summed E-state index contributed by atoms with van der Waals surface area (Å²) >= 11 is 0. The van der Waals surface area contributed by atoms with E-state index < -0.39 is 22.0 Å². The summed E-state index contributed by atoms with van der Waals surface area (Å²) in [6, 6.07) is 10.8. The molecule has 2 N–H and O–H groups in total. The molecule has 0 spiro atoms. The van der Waals surface area contributed by atoms with Crippen LogP contribution in [0.15, 0.2) is 47.4 Å². The maximum absolute atomic E-state index is 12.4. The predicted octanol–water partition coefficient (Wildman–Crippen LogP) is 2.00. The first-order valence-electron chi connectivity index (χ1n) is 8.34.